The maximum Gasteiger partial charge on any atom is 0.230 e. The molecule has 3 heteroatoms. The number of rotatable bonds is 7. The van der Waals surface area contributed by atoms with Gasteiger partial charge in [-0.25, -0.2) is 0 Å². The molecular formula is C20H30BrNO. The zero-order valence-corrected chi connectivity index (χ0v) is 16.4. The van der Waals surface area contributed by atoms with Gasteiger partial charge in [-0.1, -0.05) is 55.3 Å². The van der Waals surface area contributed by atoms with E-state index < -0.39 is 0 Å². The Hall–Kier alpha value is -0.830. The van der Waals surface area contributed by atoms with Crippen LogP contribution in [0.5, 0.6) is 0 Å². The third kappa shape index (κ3) is 4.59. The van der Waals surface area contributed by atoms with Crippen LogP contribution in [0.2, 0.25) is 0 Å². The Morgan fingerprint density at radius 2 is 2.00 bits per heavy atom. The molecule has 0 aliphatic carbocycles. The minimum atomic E-state index is 0.164. The Morgan fingerprint density at radius 3 is 2.65 bits per heavy atom. The second-order valence-electron chi connectivity index (χ2n) is 6.66. The molecule has 1 aromatic carbocycles. The van der Waals surface area contributed by atoms with Crippen molar-refractivity contribution in [1.29, 1.82) is 0 Å². The summed E-state index contributed by atoms with van der Waals surface area (Å²) in [5, 5.41) is 0. The quantitative estimate of drug-likeness (QED) is 0.572. The minimum Gasteiger partial charge on any atom is -0.312 e. The zero-order chi connectivity index (χ0) is 16.8. The van der Waals surface area contributed by atoms with Gasteiger partial charge >= 0.3 is 0 Å². The van der Waals surface area contributed by atoms with Crippen LogP contribution in [0.15, 0.2) is 18.2 Å². The number of aryl methyl sites for hydroxylation is 1. The highest BCUT2D eigenvalue weighted by molar-refractivity contribution is 9.09. The van der Waals surface area contributed by atoms with Gasteiger partial charge in [0.25, 0.3) is 0 Å². The van der Waals surface area contributed by atoms with E-state index in [0.29, 0.717) is 10.7 Å². The van der Waals surface area contributed by atoms with Gasteiger partial charge in [-0.05, 0) is 55.7 Å². The smallest absolute Gasteiger partial charge is 0.230 e. The molecule has 2 nitrogen and oxygen atoms in total. The fraction of sp³-hybridized carbons (Fsp3) is 0.650. The van der Waals surface area contributed by atoms with Crippen LogP contribution in [-0.2, 0) is 17.6 Å². The van der Waals surface area contributed by atoms with E-state index in [4.69, 9.17) is 0 Å². The first-order valence-electron chi connectivity index (χ1n) is 9.17. The van der Waals surface area contributed by atoms with Gasteiger partial charge in [-0.3, -0.25) is 4.79 Å². The Labute approximate surface area is 149 Å². The van der Waals surface area contributed by atoms with Crippen molar-refractivity contribution < 1.29 is 4.79 Å². The van der Waals surface area contributed by atoms with Gasteiger partial charge in [0, 0.05) is 23.0 Å². The highest BCUT2D eigenvalue weighted by atomic mass is 79.9. The van der Waals surface area contributed by atoms with Gasteiger partial charge < -0.3 is 4.90 Å². The summed E-state index contributed by atoms with van der Waals surface area (Å²) in [4.78, 5) is 15.4. The summed E-state index contributed by atoms with van der Waals surface area (Å²) in [6, 6.07) is 6.71. The number of fused-ring (bicyclic) bond motifs is 1. The van der Waals surface area contributed by atoms with Gasteiger partial charge in [0.05, 0.1) is 0 Å². The van der Waals surface area contributed by atoms with Crippen molar-refractivity contribution in [2.45, 2.75) is 70.5 Å². The molecule has 0 bridgehead atoms. The lowest BCUT2D eigenvalue weighted by molar-refractivity contribution is -0.122. The average Bonchev–Trinajstić information content (AvgIpc) is 2.55. The summed E-state index contributed by atoms with van der Waals surface area (Å²) in [6.07, 6.45) is 7.52. The second kappa shape index (κ2) is 8.86. The maximum atomic E-state index is 12.8. The van der Waals surface area contributed by atoms with Crippen molar-refractivity contribution >= 4 is 27.5 Å². The third-order valence-corrected chi connectivity index (χ3v) is 5.70. The highest BCUT2D eigenvalue weighted by Gasteiger charge is 2.27. The molecule has 0 spiro atoms. The van der Waals surface area contributed by atoms with E-state index in [1.54, 1.807) is 0 Å². The number of hydrogen-bond donors (Lipinski definition) is 0. The molecule has 0 aromatic heterocycles. The fourth-order valence-electron chi connectivity index (χ4n) is 3.54. The van der Waals surface area contributed by atoms with Crippen LogP contribution >= 0.6 is 15.9 Å². The Balaban J connectivity index is 2.18. The maximum absolute atomic E-state index is 12.8. The lowest BCUT2D eigenvalue weighted by atomic mass is 9.94. The van der Waals surface area contributed by atoms with Crippen LogP contribution in [0, 0.1) is 5.92 Å². The molecule has 0 radical (unpaired) electrons. The monoisotopic (exact) mass is 379 g/mol. The molecule has 1 aliphatic rings. The van der Waals surface area contributed by atoms with Crippen LogP contribution in [0.25, 0.3) is 0 Å². The fourth-order valence-corrected chi connectivity index (χ4v) is 4.37. The van der Waals surface area contributed by atoms with Crippen LogP contribution in [0.3, 0.4) is 0 Å². The third-order valence-electron chi connectivity index (χ3n) is 4.92. The molecule has 128 valence electrons. The summed E-state index contributed by atoms with van der Waals surface area (Å²) in [6.45, 7) is 7.33. The molecule has 1 atom stereocenters. The van der Waals surface area contributed by atoms with E-state index >= 15 is 0 Å². The number of anilines is 1. The normalized spacial score (nSPS) is 15.6. The Kier molecular flexibility index (Phi) is 7.13. The van der Waals surface area contributed by atoms with Gasteiger partial charge in [-0.2, -0.15) is 0 Å². The van der Waals surface area contributed by atoms with Crippen molar-refractivity contribution in [3.8, 4) is 0 Å². The van der Waals surface area contributed by atoms with E-state index in [1.807, 2.05) is 4.90 Å². The van der Waals surface area contributed by atoms with Crippen LogP contribution < -0.4 is 4.90 Å². The summed E-state index contributed by atoms with van der Waals surface area (Å²) in [5.41, 5.74) is 3.89. The van der Waals surface area contributed by atoms with Crippen molar-refractivity contribution in [2.75, 3.05) is 11.4 Å². The van der Waals surface area contributed by atoms with E-state index in [0.717, 1.165) is 44.3 Å². The topological polar surface area (TPSA) is 20.3 Å². The second-order valence-corrected chi connectivity index (χ2v) is 7.95. The van der Waals surface area contributed by atoms with Crippen molar-refractivity contribution in [1.82, 2.24) is 0 Å². The number of carbonyl (C=O) groups excluding carboxylic acids is 1. The van der Waals surface area contributed by atoms with Crippen molar-refractivity contribution in [2.24, 2.45) is 5.92 Å². The van der Waals surface area contributed by atoms with E-state index in [9.17, 15) is 4.79 Å². The van der Waals surface area contributed by atoms with Gasteiger partial charge in [-0.15, -0.1) is 0 Å². The minimum absolute atomic E-state index is 0.164. The predicted molar refractivity (Wildman–Crippen MR) is 103 cm³/mol. The number of carbonyl (C=O) groups is 1. The summed E-state index contributed by atoms with van der Waals surface area (Å²) in [5.74, 6) is 0.477. The number of hydrogen-bond acceptors (Lipinski definition) is 1. The van der Waals surface area contributed by atoms with Gasteiger partial charge in [0.1, 0.15) is 0 Å². The molecule has 1 unspecified atom stereocenters. The van der Waals surface area contributed by atoms with E-state index in [2.05, 4.69) is 54.9 Å². The molecule has 23 heavy (non-hydrogen) atoms. The van der Waals surface area contributed by atoms with Crippen LogP contribution in [0.1, 0.15) is 64.0 Å². The molecule has 1 aromatic rings. The molecule has 0 fully saturated rings. The first-order chi connectivity index (χ1) is 11.1. The zero-order valence-electron chi connectivity index (χ0n) is 14.8. The molecule has 1 heterocycles. The lowest BCUT2D eigenvalue weighted by Crippen LogP contribution is -2.39. The van der Waals surface area contributed by atoms with E-state index in [-0.39, 0.29) is 5.92 Å². The van der Waals surface area contributed by atoms with Crippen molar-refractivity contribution in [3.05, 3.63) is 29.3 Å². The summed E-state index contributed by atoms with van der Waals surface area (Å²) in [7, 11) is 0. The lowest BCUT2D eigenvalue weighted by Gasteiger charge is -2.32. The number of benzene rings is 1. The van der Waals surface area contributed by atoms with Gasteiger partial charge in [0.15, 0.2) is 0 Å². The Morgan fingerprint density at radius 1 is 1.26 bits per heavy atom. The molecule has 0 N–H and O–H groups in total. The molecule has 2 rings (SSSR count). The molecule has 0 saturated carbocycles. The summed E-state index contributed by atoms with van der Waals surface area (Å²) >= 11 is 3.78. The van der Waals surface area contributed by atoms with Crippen molar-refractivity contribution in [3.63, 3.8) is 0 Å². The highest BCUT2D eigenvalue weighted by Crippen LogP contribution is 2.31. The number of alkyl halides is 1. The summed E-state index contributed by atoms with van der Waals surface area (Å²) < 4.78 is 0. The average molecular weight is 380 g/mol. The van der Waals surface area contributed by atoms with E-state index in [1.165, 1.54) is 24.0 Å². The molecule has 1 amide bonds. The first-order valence-corrected chi connectivity index (χ1v) is 10.1. The first kappa shape index (κ1) is 18.5. The SMILES string of the molecule is CCCC(Br)Cc1ccc2c(c1)CCCN2C(=O)C(CC)CC. The molecule has 0 saturated heterocycles. The number of halogens is 1. The molecule has 1 aliphatic heterocycles. The Bertz CT molecular complexity index is 524. The largest absolute Gasteiger partial charge is 0.312 e. The standard InChI is InChI=1S/C20H30BrNO/c1-4-8-18(21)14-15-10-11-19-17(13-15)9-7-12-22(19)20(23)16(5-2)6-3/h10-11,13,16,18H,4-9,12,14H2,1-3H3. The van der Waals surface area contributed by atoms with Crippen LogP contribution in [-0.4, -0.2) is 17.3 Å². The van der Waals surface area contributed by atoms with Gasteiger partial charge in [0.2, 0.25) is 5.91 Å². The molecular weight excluding hydrogens is 350 g/mol. The predicted octanol–water partition coefficient (Wildman–Crippen LogP) is 5.51. The van der Waals surface area contributed by atoms with Crippen LogP contribution in [0.4, 0.5) is 5.69 Å². The number of nitrogens with zero attached hydrogens (tertiary/aromatic N) is 1. The number of amides is 1.